The van der Waals surface area contributed by atoms with Crippen LogP contribution in [0, 0.1) is 5.82 Å². The number of benzene rings is 2. The number of amidine groups is 1. The summed E-state index contributed by atoms with van der Waals surface area (Å²) in [7, 11) is 1.63. The molecule has 1 aliphatic rings. The van der Waals surface area contributed by atoms with Gasteiger partial charge in [0.15, 0.2) is 0 Å². The molecule has 4 nitrogen and oxygen atoms in total. The number of carbonyl (C=O) groups excluding carboxylic acids is 1. The minimum atomic E-state index is -0.371. The van der Waals surface area contributed by atoms with Crippen LogP contribution in [0.15, 0.2) is 53.2 Å². The summed E-state index contributed by atoms with van der Waals surface area (Å²) in [6.07, 6.45) is 2.53. The molecule has 24 heavy (non-hydrogen) atoms. The fourth-order valence-corrected chi connectivity index (χ4v) is 2.56. The predicted molar refractivity (Wildman–Crippen MR) is 91.4 cm³/mol. The van der Waals surface area contributed by atoms with E-state index in [0.717, 1.165) is 23.3 Å². The quantitative estimate of drug-likeness (QED) is 0.877. The zero-order valence-corrected chi connectivity index (χ0v) is 13.5. The zero-order valence-electron chi connectivity index (χ0n) is 13.5. The first kappa shape index (κ1) is 15.9. The number of aryl methyl sites for hydroxylation is 1. The number of methoxy groups -OCH3 is 1. The second kappa shape index (κ2) is 6.66. The Morgan fingerprint density at radius 3 is 2.79 bits per heavy atom. The van der Waals surface area contributed by atoms with Crippen LogP contribution in [0.25, 0.3) is 6.08 Å². The van der Waals surface area contributed by atoms with E-state index in [4.69, 9.17) is 4.74 Å². The van der Waals surface area contributed by atoms with Crippen LogP contribution in [0.3, 0.4) is 0 Å². The standard InChI is InChI=1S/C19H17FN2O2/c1-3-13-9-12(7-8-17(13)24-2)10-16-19(23)22-18(21-16)14-5-4-6-15(20)11-14/h4-11H,3H2,1-2H3,(H,21,22,23)/b16-10+. The number of rotatable bonds is 4. The Hall–Kier alpha value is -2.95. The van der Waals surface area contributed by atoms with Gasteiger partial charge in [0.25, 0.3) is 5.91 Å². The SMILES string of the molecule is CCc1cc(/C=C2/N=C(c3cccc(F)c3)NC2=O)ccc1OC. The van der Waals surface area contributed by atoms with Crippen molar-refractivity contribution in [1.29, 1.82) is 0 Å². The fraction of sp³-hybridized carbons (Fsp3) is 0.158. The number of nitrogens with zero attached hydrogens (tertiary/aromatic N) is 1. The van der Waals surface area contributed by atoms with Gasteiger partial charge in [0, 0.05) is 5.56 Å². The van der Waals surface area contributed by atoms with Gasteiger partial charge >= 0.3 is 0 Å². The second-order valence-corrected chi connectivity index (χ2v) is 5.38. The van der Waals surface area contributed by atoms with E-state index in [1.54, 1.807) is 25.3 Å². The third kappa shape index (κ3) is 3.20. The Kier molecular flexibility index (Phi) is 4.42. The molecule has 5 heteroatoms. The van der Waals surface area contributed by atoms with Gasteiger partial charge in [-0.05, 0) is 47.9 Å². The van der Waals surface area contributed by atoms with Gasteiger partial charge in [-0.1, -0.05) is 25.1 Å². The summed E-state index contributed by atoms with van der Waals surface area (Å²) in [5.41, 5.74) is 2.75. The molecule has 0 spiro atoms. The second-order valence-electron chi connectivity index (χ2n) is 5.38. The third-order valence-electron chi connectivity index (χ3n) is 3.78. The average molecular weight is 324 g/mol. The predicted octanol–water partition coefficient (Wildman–Crippen LogP) is 3.31. The first-order valence-electron chi connectivity index (χ1n) is 7.65. The van der Waals surface area contributed by atoms with Gasteiger partial charge in [-0.25, -0.2) is 9.38 Å². The molecule has 2 aromatic rings. The number of hydrogen-bond acceptors (Lipinski definition) is 3. The molecule has 3 rings (SSSR count). The van der Waals surface area contributed by atoms with Crippen LogP contribution in [0.1, 0.15) is 23.6 Å². The van der Waals surface area contributed by atoms with Crippen molar-refractivity contribution in [2.75, 3.05) is 7.11 Å². The molecule has 1 aliphatic heterocycles. The summed E-state index contributed by atoms with van der Waals surface area (Å²) < 4.78 is 18.6. The van der Waals surface area contributed by atoms with Gasteiger partial charge in [-0.15, -0.1) is 0 Å². The molecule has 0 saturated heterocycles. The lowest BCUT2D eigenvalue weighted by Crippen LogP contribution is -2.24. The Morgan fingerprint density at radius 1 is 1.25 bits per heavy atom. The minimum absolute atomic E-state index is 0.293. The van der Waals surface area contributed by atoms with E-state index in [-0.39, 0.29) is 11.7 Å². The molecular formula is C19H17FN2O2. The van der Waals surface area contributed by atoms with Crippen molar-refractivity contribution in [1.82, 2.24) is 5.32 Å². The van der Waals surface area contributed by atoms with Crippen molar-refractivity contribution in [2.24, 2.45) is 4.99 Å². The lowest BCUT2D eigenvalue weighted by molar-refractivity contribution is -0.115. The summed E-state index contributed by atoms with van der Waals surface area (Å²) in [5, 5.41) is 2.67. The highest BCUT2D eigenvalue weighted by Crippen LogP contribution is 2.23. The number of carbonyl (C=O) groups is 1. The van der Waals surface area contributed by atoms with E-state index < -0.39 is 0 Å². The molecule has 0 aliphatic carbocycles. The molecule has 2 aromatic carbocycles. The van der Waals surface area contributed by atoms with E-state index in [9.17, 15) is 9.18 Å². The van der Waals surface area contributed by atoms with Gasteiger partial charge in [0.2, 0.25) is 0 Å². The maximum Gasteiger partial charge on any atom is 0.275 e. The van der Waals surface area contributed by atoms with Gasteiger partial charge < -0.3 is 10.1 Å². The fourth-order valence-electron chi connectivity index (χ4n) is 2.56. The molecule has 0 unspecified atom stereocenters. The smallest absolute Gasteiger partial charge is 0.275 e. The summed E-state index contributed by atoms with van der Waals surface area (Å²) in [4.78, 5) is 16.4. The van der Waals surface area contributed by atoms with Crippen molar-refractivity contribution >= 4 is 17.8 Å². The molecule has 0 fully saturated rings. The molecular weight excluding hydrogens is 307 g/mol. The normalized spacial score (nSPS) is 15.4. The Morgan fingerprint density at radius 2 is 2.08 bits per heavy atom. The van der Waals surface area contributed by atoms with Crippen LogP contribution in [0.5, 0.6) is 5.75 Å². The van der Waals surface area contributed by atoms with E-state index in [1.807, 2.05) is 25.1 Å². The van der Waals surface area contributed by atoms with Gasteiger partial charge in [-0.3, -0.25) is 4.79 Å². The monoisotopic (exact) mass is 324 g/mol. The number of hydrogen-bond donors (Lipinski definition) is 1. The summed E-state index contributed by atoms with van der Waals surface area (Å²) in [5.74, 6) is 0.502. The molecule has 0 radical (unpaired) electrons. The van der Waals surface area contributed by atoms with E-state index in [1.165, 1.54) is 12.1 Å². The molecule has 1 heterocycles. The lowest BCUT2D eigenvalue weighted by atomic mass is 10.1. The molecule has 1 N–H and O–H groups in total. The number of aliphatic imine (C=N–C) groups is 1. The largest absolute Gasteiger partial charge is 0.496 e. The van der Waals surface area contributed by atoms with Crippen LogP contribution >= 0.6 is 0 Å². The average Bonchev–Trinajstić information content (AvgIpc) is 2.95. The van der Waals surface area contributed by atoms with Crippen LogP contribution < -0.4 is 10.1 Å². The molecule has 1 amide bonds. The first-order chi connectivity index (χ1) is 11.6. The molecule has 0 saturated carbocycles. The van der Waals surface area contributed by atoms with E-state index in [2.05, 4.69) is 10.3 Å². The van der Waals surface area contributed by atoms with Crippen LogP contribution in [0.4, 0.5) is 4.39 Å². The Labute approximate surface area is 139 Å². The van der Waals surface area contributed by atoms with Crippen LogP contribution in [0.2, 0.25) is 0 Å². The minimum Gasteiger partial charge on any atom is -0.496 e. The van der Waals surface area contributed by atoms with Gasteiger partial charge in [0.05, 0.1) is 7.11 Å². The molecule has 0 aromatic heterocycles. The summed E-state index contributed by atoms with van der Waals surface area (Å²) in [6.45, 7) is 2.04. The van der Waals surface area contributed by atoms with Crippen molar-refractivity contribution in [3.05, 3.63) is 70.7 Å². The van der Waals surface area contributed by atoms with Crippen LogP contribution in [-0.2, 0) is 11.2 Å². The molecule has 0 atom stereocenters. The molecule has 122 valence electrons. The van der Waals surface area contributed by atoms with E-state index >= 15 is 0 Å². The number of amides is 1. The Bertz CT molecular complexity index is 856. The highest BCUT2D eigenvalue weighted by atomic mass is 19.1. The molecule has 0 bridgehead atoms. The highest BCUT2D eigenvalue weighted by Gasteiger charge is 2.21. The zero-order chi connectivity index (χ0) is 17.1. The van der Waals surface area contributed by atoms with Gasteiger partial charge in [-0.2, -0.15) is 0 Å². The maximum absolute atomic E-state index is 13.3. The van der Waals surface area contributed by atoms with Crippen molar-refractivity contribution in [3.8, 4) is 5.75 Å². The lowest BCUT2D eigenvalue weighted by Gasteiger charge is -2.07. The van der Waals surface area contributed by atoms with Crippen molar-refractivity contribution in [2.45, 2.75) is 13.3 Å². The summed E-state index contributed by atoms with van der Waals surface area (Å²) >= 11 is 0. The Balaban J connectivity index is 1.94. The van der Waals surface area contributed by atoms with Crippen molar-refractivity contribution < 1.29 is 13.9 Å². The first-order valence-corrected chi connectivity index (χ1v) is 7.65. The van der Waals surface area contributed by atoms with Crippen LogP contribution in [-0.4, -0.2) is 18.9 Å². The maximum atomic E-state index is 13.3. The topological polar surface area (TPSA) is 50.7 Å². The number of nitrogens with one attached hydrogen (secondary N) is 1. The number of halogens is 1. The van der Waals surface area contributed by atoms with Crippen molar-refractivity contribution in [3.63, 3.8) is 0 Å². The van der Waals surface area contributed by atoms with E-state index in [0.29, 0.717) is 17.1 Å². The highest BCUT2D eigenvalue weighted by molar-refractivity contribution is 6.19. The van der Waals surface area contributed by atoms with Gasteiger partial charge in [0.1, 0.15) is 23.1 Å². The summed E-state index contributed by atoms with van der Waals surface area (Å²) in [6, 6.07) is 11.7. The third-order valence-corrected chi connectivity index (χ3v) is 3.78. The number of ether oxygens (including phenoxy) is 1.